The van der Waals surface area contributed by atoms with Gasteiger partial charge in [-0.2, -0.15) is 29.2 Å². The second-order valence-corrected chi connectivity index (χ2v) is 12.9. The molecule has 1 aliphatic rings. The molecule has 2 aromatic carbocycles. The molecule has 1 amide bonds. The molecule has 0 saturated carbocycles. The van der Waals surface area contributed by atoms with Crippen molar-refractivity contribution in [3.8, 4) is 29.4 Å². The molecule has 2 aromatic heterocycles. The molecule has 3 heterocycles. The first-order chi connectivity index (χ1) is 24.5. The van der Waals surface area contributed by atoms with E-state index in [9.17, 15) is 9.00 Å². The maximum Gasteiger partial charge on any atom is 0.288 e. The van der Waals surface area contributed by atoms with Gasteiger partial charge in [-0.3, -0.25) is 4.79 Å². The standard InChI is InChI=1S/C34H35N11O5S/c1-23(46)39-24-10-12-27(49-19-18-48-26-8-6-5-7-9-26)28(20-24)50-51(47)38-22-30-41-42-33-31(32(34(2,3)4)43-45(30)33)40-25-11-13-29(37-21-25)44(16-14-35)17-15-36/h5-13,20-21,38H,16-19,22H2,1-4H3,(H,39,46). The largest absolute Gasteiger partial charge is 0.490 e. The van der Waals surface area contributed by atoms with Crippen molar-refractivity contribution in [2.24, 2.45) is 15.5 Å². The number of para-hydroxylation sites is 1. The fourth-order valence-corrected chi connectivity index (χ4v) is 5.32. The summed E-state index contributed by atoms with van der Waals surface area (Å²) in [5, 5.41) is 34.2. The normalized spacial score (nSPS) is 13.4. The number of fused-ring (bicyclic) bond motifs is 1. The van der Waals surface area contributed by atoms with E-state index in [1.807, 2.05) is 63.2 Å². The van der Waals surface area contributed by atoms with E-state index in [0.29, 0.717) is 51.8 Å². The van der Waals surface area contributed by atoms with Crippen LogP contribution in [0.25, 0.3) is 0 Å². The van der Waals surface area contributed by atoms with E-state index in [4.69, 9.17) is 34.3 Å². The molecule has 1 aliphatic heterocycles. The van der Waals surface area contributed by atoms with Gasteiger partial charge in [0.25, 0.3) is 11.3 Å². The van der Waals surface area contributed by atoms with Crippen LogP contribution >= 0.6 is 0 Å². The summed E-state index contributed by atoms with van der Waals surface area (Å²) >= 11 is -2.08. The van der Waals surface area contributed by atoms with Gasteiger partial charge in [0.2, 0.25) is 11.7 Å². The maximum atomic E-state index is 13.1. The molecule has 0 saturated heterocycles. The van der Waals surface area contributed by atoms with Crippen LogP contribution in [-0.2, 0) is 22.6 Å². The summed E-state index contributed by atoms with van der Waals surface area (Å²) in [5.74, 6) is 2.06. The van der Waals surface area contributed by atoms with Crippen LogP contribution in [0.2, 0.25) is 0 Å². The molecule has 0 spiro atoms. The fourth-order valence-electron chi connectivity index (χ4n) is 4.72. The van der Waals surface area contributed by atoms with Gasteiger partial charge < -0.3 is 23.9 Å². The average molecular weight is 710 g/mol. The van der Waals surface area contributed by atoms with E-state index in [2.05, 4.69) is 25.2 Å². The minimum absolute atomic E-state index is 0.0218. The minimum Gasteiger partial charge on any atom is -0.490 e. The molecule has 4 aromatic rings. The van der Waals surface area contributed by atoms with Crippen molar-refractivity contribution in [2.75, 3.05) is 36.5 Å². The molecule has 16 nitrogen and oxygen atoms in total. The van der Waals surface area contributed by atoms with Crippen LogP contribution in [0.1, 0.15) is 39.3 Å². The summed E-state index contributed by atoms with van der Waals surface area (Å²) in [6.07, 6.45) is 1.54. The number of aliphatic imine (C=N–C) groups is 1. The van der Waals surface area contributed by atoms with E-state index in [0.717, 1.165) is 0 Å². The zero-order chi connectivity index (χ0) is 36.4. The lowest BCUT2D eigenvalue weighted by Crippen LogP contribution is -2.27. The second-order valence-electron chi connectivity index (χ2n) is 11.9. The van der Waals surface area contributed by atoms with Gasteiger partial charge in [0, 0.05) is 24.1 Å². The lowest BCUT2D eigenvalue weighted by Gasteiger charge is -2.18. The Morgan fingerprint density at radius 3 is 2.41 bits per heavy atom. The Hall–Kier alpha value is -6.17. The van der Waals surface area contributed by atoms with E-state index in [1.165, 1.54) is 17.7 Å². The van der Waals surface area contributed by atoms with Gasteiger partial charge in [-0.15, -0.1) is 10.2 Å². The molecule has 1 atom stereocenters. The summed E-state index contributed by atoms with van der Waals surface area (Å²) < 4.78 is 34.7. The third-order valence-corrected chi connectivity index (χ3v) is 7.71. The summed E-state index contributed by atoms with van der Waals surface area (Å²) in [7, 11) is 0. The quantitative estimate of drug-likeness (QED) is 0.133. The highest BCUT2D eigenvalue weighted by Crippen LogP contribution is 2.32. The van der Waals surface area contributed by atoms with Crippen molar-refractivity contribution < 1.29 is 22.7 Å². The Bertz CT molecular complexity index is 2010. The number of rotatable bonds is 15. The lowest BCUT2D eigenvalue weighted by molar-refractivity contribution is -0.114. The molecule has 5 rings (SSSR count). The number of carbonyl (C=O) groups is 1. The molecular formula is C34H35N11O5S. The molecule has 1 unspecified atom stereocenters. The number of pyridine rings is 1. The van der Waals surface area contributed by atoms with Gasteiger partial charge in [0.15, 0.2) is 17.3 Å². The predicted octanol–water partition coefficient (Wildman–Crippen LogP) is 4.07. The van der Waals surface area contributed by atoms with Crippen molar-refractivity contribution >= 4 is 45.8 Å². The number of hydrogen-bond donors (Lipinski definition) is 2. The Balaban J connectivity index is 1.29. The number of carbonyl (C=O) groups excluding carboxylic acids is 1. The molecule has 262 valence electrons. The Morgan fingerprint density at radius 2 is 1.75 bits per heavy atom. The summed E-state index contributed by atoms with van der Waals surface area (Å²) in [4.78, 5) is 22.4. The topological polar surface area (TPSA) is 205 Å². The van der Waals surface area contributed by atoms with E-state index < -0.39 is 16.7 Å². The first kappa shape index (κ1) is 36.1. The highest BCUT2D eigenvalue weighted by Gasteiger charge is 2.35. The van der Waals surface area contributed by atoms with Gasteiger partial charge in [0.05, 0.1) is 36.3 Å². The maximum absolute atomic E-state index is 13.1. The van der Waals surface area contributed by atoms with E-state index in [1.54, 1.807) is 35.4 Å². The van der Waals surface area contributed by atoms with Gasteiger partial charge in [0.1, 0.15) is 43.6 Å². The number of ether oxygens (including phenoxy) is 2. The van der Waals surface area contributed by atoms with Gasteiger partial charge in [-0.25, -0.2) is 9.98 Å². The van der Waals surface area contributed by atoms with Crippen molar-refractivity contribution in [3.05, 3.63) is 78.5 Å². The van der Waals surface area contributed by atoms with E-state index >= 15 is 0 Å². The third-order valence-electron chi connectivity index (χ3n) is 7.00. The van der Waals surface area contributed by atoms with Crippen LogP contribution in [0.4, 0.5) is 17.2 Å². The number of nitrogens with one attached hydrogen (secondary N) is 2. The molecule has 0 bridgehead atoms. The number of anilines is 2. The predicted molar refractivity (Wildman–Crippen MR) is 190 cm³/mol. The van der Waals surface area contributed by atoms with Gasteiger partial charge in [-0.05, 0) is 36.4 Å². The minimum atomic E-state index is -2.08. The number of amides is 1. The van der Waals surface area contributed by atoms with Crippen LogP contribution in [0.3, 0.4) is 0 Å². The van der Waals surface area contributed by atoms with E-state index in [-0.39, 0.29) is 44.5 Å². The summed E-state index contributed by atoms with van der Waals surface area (Å²) in [5.41, 5.74) is 1.66. The number of hydrogen-bond acceptors (Lipinski definition) is 13. The van der Waals surface area contributed by atoms with Crippen LogP contribution in [-0.4, -0.2) is 67.7 Å². The smallest absolute Gasteiger partial charge is 0.288 e. The monoisotopic (exact) mass is 709 g/mol. The first-order valence-electron chi connectivity index (χ1n) is 15.7. The Kier molecular flexibility index (Phi) is 11.7. The van der Waals surface area contributed by atoms with Crippen molar-refractivity contribution in [1.29, 1.82) is 10.5 Å². The van der Waals surface area contributed by atoms with Crippen LogP contribution in [0.15, 0.2) is 77.0 Å². The number of nitriles is 2. The number of aromatic nitrogens is 4. The zero-order valence-electron chi connectivity index (χ0n) is 28.4. The molecule has 17 heteroatoms. The fraction of sp³-hybridized carbons (Fsp3) is 0.294. The highest BCUT2D eigenvalue weighted by molar-refractivity contribution is 7.78. The molecule has 51 heavy (non-hydrogen) atoms. The van der Waals surface area contributed by atoms with Crippen molar-refractivity contribution in [1.82, 2.24) is 24.6 Å². The Morgan fingerprint density at radius 1 is 1.00 bits per heavy atom. The van der Waals surface area contributed by atoms with Crippen molar-refractivity contribution in [3.63, 3.8) is 0 Å². The van der Waals surface area contributed by atoms with Crippen molar-refractivity contribution in [2.45, 2.75) is 34.2 Å². The molecular weight excluding hydrogens is 675 g/mol. The van der Waals surface area contributed by atoms with Crippen LogP contribution in [0, 0.1) is 28.1 Å². The SMILES string of the molecule is CC(=O)Nc1ccc(OCCOc2ccccc2)c(OS(=O)NCc2nnc3n2N=C(C(C)(C)C)C3=Nc2ccc(N(CC#N)CC#N)nc2)c1. The number of nitrogens with zero attached hydrogens (tertiary/aromatic N) is 9. The Labute approximate surface area is 297 Å². The van der Waals surface area contributed by atoms with Gasteiger partial charge >= 0.3 is 0 Å². The molecule has 0 fully saturated rings. The second kappa shape index (κ2) is 16.5. The van der Waals surface area contributed by atoms with Gasteiger partial charge in [-0.1, -0.05) is 39.0 Å². The summed E-state index contributed by atoms with van der Waals surface area (Å²) in [6, 6.07) is 21.5. The van der Waals surface area contributed by atoms with Crippen LogP contribution < -0.4 is 28.6 Å². The average Bonchev–Trinajstić information content (AvgIpc) is 3.67. The number of benzene rings is 2. The molecule has 0 aliphatic carbocycles. The summed E-state index contributed by atoms with van der Waals surface area (Å²) in [6.45, 7) is 7.79. The first-order valence-corrected chi connectivity index (χ1v) is 16.8. The third kappa shape index (κ3) is 9.50. The lowest BCUT2D eigenvalue weighted by atomic mass is 9.87. The molecule has 2 N–H and O–H groups in total. The highest BCUT2D eigenvalue weighted by atomic mass is 32.2. The van der Waals surface area contributed by atoms with Crippen LogP contribution in [0.5, 0.6) is 17.2 Å². The molecule has 0 radical (unpaired) electrons. The zero-order valence-corrected chi connectivity index (χ0v) is 29.2.